The van der Waals surface area contributed by atoms with Crippen LogP contribution in [0.2, 0.25) is 0 Å². The number of benzene rings is 1. The maximum atomic E-state index is 10.7. The second-order valence-corrected chi connectivity index (χ2v) is 3.99. The van der Waals surface area contributed by atoms with Crippen LogP contribution < -0.4 is 18.9 Å². The topological polar surface area (TPSA) is 57.2 Å². The molecule has 66 valence electrons. The first-order valence-corrected chi connectivity index (χ1v) is 4.86. The van der Waals surface area contributed by atoms with E-state index in [-0.39, 0.29) is 23.8 Å². The van der Waals surface area contributed by atoms with E-state index in [2.05, 4.69) is 0 Å². The zero-order valence-electron chi connectivity index (χ0n) is 7.87. The van der Waals surface area contributed by atoms with Gasteiger partial charge in [0, 0.05) is 0 Å². The number of hydrogen-bond acceptors (Lipinski definition) is 3. The summed E-state index contributed by atoms with van der Waals surface area (Å²) in [6.07, 6.45) is 0. The minimum absolute atomic E-state index is 0. The standard InChI is InChI=1S/C8H10O3S.Li/c1-6-4-3-5-7(2)8(6)12(9,10)11;/h3-5H,1-2H3,(H,9,10,11);/q;+1/p-1. The average molecular weight is 192 g/mol. The summed E-state index contributed by atoms with van der Waals surface area (Å²) in [6.45, 7) is 3.22. The Morgan fingerprint density at radius 2 is 1.54 bits per heavy atom. The Morgan fingerprint density at radius 3 is 1.77 bits per heavy atom. The van der Waals surface area contributed by atoms with Crippen molar-refractivity contribution in [3.05, 3.63) is 29.3 Å². The summed E-state index contributed by atoms with van der Waals surface area (Å²) in [6, 6.07) is 4.94. The summed E-state index contributed by atoms with van der Waals surface area (Å²) >= 11 is 0. The van der Waals surface area contributed by atoms with E-state index in [4.69, 9.17) is 0 Å². The molecule has 5 heteroatoms. The molecule has 0 unspecified atom stereocenters. The van der Waals surface area contributed by atoms with Crippen molar-refractivity contribution in [2.75, 3.05) is 0 Å². The molecule has 0 saturated heterocycles. The van der Waals surface area contributed by atoms with E-state index in [0.29, 0.717) is 11.1 Å². The molecular weight excluding hydrogens is 183 g/mol. The summed E-state index contributed by atoms with van der Waals surface area (Å²) in [5.74, 6) is 0. The molecule has 1 aromatic carbocycles. The van der Waals surface area contributed by atoms with Gasteiger partial charge >= 0.3 is 18.9 Å². The monoisotopic (exact) mass is 192 g/mol. The Bertz CT molecular complexity index is 378. The normalized spacial score (nSPS) is 10.7. The summed E-state index contributed by atoms with van der Waals surface area (Å²) in [7, 11) is -4.31. The van der Waals surface area contributed by atoms with E-state index in [0.717, 1.165) is 0 Å². The summed E-state index contributed by atoms with van der Waals surface area (Å²) in [5, 5.41) is 0. The Labute approximate surface area is 90.1 Å². The Hall–Kier alpha value is -0.273. The van der Waals surface area contributed by atoms with Gasteiger partial charge in [-0.25, -0.2) is 8.42 Å². The molecule has 0 bridgehead atoms. The van der Waals surface area contributed by atoms with Gasteiger partial charge < -0.3 is 4.55 Å². The zero-order valence-corrected chi connectivity index (χ0v) is 8.68. The van der Waals surface area contributed by atoms with Gasteiger partial charge in [-0.15, -0.1) is 0 Å². The predicted molar refractivity (Wildman–Crippen MR) is 43.9 cm³/mol. The molecule has 0 heterocycles. The first kappa shape index (κ1) is 12.7. The molecule has 0 aliphatic carbocycles. The molecule has 0 fully saturated rings. The van der Waals surface area contributed by atoms with E-state index in [1.54, 1.807) is 32.0 Å². The molecule has 1 rings (SSSR count). The van der Waals surface area contributed by atoms with Crippen molar-refractivity contribution >= 4 is 10.1 Å². The fraction of sp³-hybridized carbons (Fsp3) is 0.250. The SMILES string of the molecule is Cc1cccc(C)c1S(=O)(=O)[O-].[Li+]. The summed E-state index contributed by atoms with van der Waals surface area (Å²) in [5.41, 5.74) is 1.01. The maximum absolute atomic E-state index is 10.7. The molecule has 0 aliphatic rings. The van der Waals surface area contributed by atoms with E-state index >= 15 is 0 Å². The van der Waals surface area contributed by atoms with Gasteiger partial charge in [-0.2, -0.15) is 0 Å². The summed E-state index contributed by atoms with van der Waals surface area (Å²) in [4.78, 5) is -0.0926. The average Bonchev–Trinajstić information content (AvgIpc) is 1.82. The van der Waals surface area contributed by atoms with Crippen LogP contribution in [-0.2, 0) is 10.1 Å². The van der Waals surface area contributed by atoms with Crippen LogP contribution in [0, 0.1) is 13.8 Å². The van der Waals surface area contributed by atoms with Gasteiger partial charge in [0.1, 0.15) is 10.1 Å². The molecule has 13 heavy (non-hydrogen) atoms. The first-order valence-electron chi connectivity index (χ1n) is 3.45. The third-order valence-corrected chi connectivity index (χ3v) is 2.80. The Morgan fingerprint density at radius 1 is 1.15 bits per heavy atom. The second-order valence-electron chi connectivity index (χ2n) is 2.68. The van der Waals surface area contributed by atoms with Gasteiger partial charge in [0.05, 0.1) is 4.90 Å². The minimum atomic E-state index is -4.31. The molecule has 0 amide bonds. The predicted octanol–water partition coefficient (Wildman–Crippen LogP) is -1.79. The van der Waals surface area contributed by atoms with E-state index in [1.165, 1.54) is 0 Å². The molecule has 1 aromatic rings. The molecule has 3 nitrogen and oxygen atoms in total. The van der Waals surface area contributed by atoms with Gasteiger partial charge in [0.15, 0.2) is 0 Å². The van der Waals surface area contributed by atoms with E-state index in [1.807, 2.05) is 0 Å². The van der Waals surface area contributed by atoms with Crippen molar-refractivity contribution in [2.24, 2.45) is 0 Å². The molecule has 0 aliphatic heterocycles. The number of rotatable bonds is 1. The molecule has 0 N–H and O–H groups in total. The maximum Gasteiger partial charge on any atom is 1.00 e. The van der Waals surface area contributed by atoms with Crippen LogP contribution in [0.1, 0.15) is 11.1 Å². The van der Waals surface area contributed by atoms with Crippen molar-refractivity contribution in [3.8, 4) is 0 Å². The Balaban J connectivity index is 0.00000144. The molecule has 0 saturated carbocycles. The molecular formula is C8H9LiO3S. The summed E-state index contributed by atoms with van der Waals surface area (Å²) < 4.78 is 32.2. The van der Waals surface area contributed by atoms with E-state index in [9.17, 15) is 13.0 Å². The van der Waals surface area contributed by atoms with Crippen molar-refractivity contribution in [1.29, 1.82) is 0 Å². The quantitative estimate of drug-likeness (QED) is 0.390. The fourth-order valence-electron chi connectivity index (χ4n) is 1.19. The minimum Gasteiger partial charge on any atom is -0.744 e. The molecule has 0 spiro atoms. The van der Waals surface area contributed by atoms with Gasteiger partial charge in [0.25, 0.3) is 0 Å². The van der Waals surface area contributed by atoms with Crippen molar-refractivity contribution < 1.29 is 31.8 Å². The van der Waals surface area contributed by atoms with Crippen LogP contribution in [0.3, 0.4) is 0 Å². The number of aryl methyl sites for hydroxylation is 2. The van der Waals surface area contributed by atoms with Crippen LogP contribution in [0.4, 0.5) is 0 Å². The largest absolute Gasteiger partial charge is 1.00 e. The van der Waals surface area contributed by atoms with E-state index < -0.39 is 10.1 Å². The second kappa shape index (κ2) is 4.29. The zero-order chi connectivity index (χ0) is 9.35. The van der Waals surface area contributed by atoms with Gasteiger partial charge in [0.2, 0.25) is 0 Å². The third-order valence-electron chi connectivity index (χ3n) is 1.66. The molecule has 0 aromatic heterocycles. The van der Waals surface area contributed by atoms with Crippen molar-refractivity contribution in [3.63, 3.8) is 0 Å². The van der Waals surface area contributed by atoms with Crippen LogP contribution in [-0.4, -0.2) is 13.0 Å². The Kier molecular flexibility index (Phi) is 4.20. The third kappa shape index (κ3) is 2.85. The van der Waals surface area contributed by atoms with Crippen LogP contribution in [0.15, 0.2) is 23.1 Å². The smallest absolute Gasteiger partial charge is 0.744 e. The van der Waals surface area contributed by atoms with Crippen LogP contribution >= 0.6 is 0 Å². The molecule has 0 radical (unpaired) electrons. The number of hydrogen-bond donors (Lipinski definition) is 0. The van der Waals surface area contributed by atoms with Gasteiger partial charge in [-0.3, -0.25) is 0 Å². The van der Waals surface area contributed by atoms with Gasteiger partial charge in [-0.1, -0.05) is 18.2 Å². The van der Waals surface area contributed by atoms with Gasteiger partial charge in [-0.05, 0) is 25.0 Å². The first-order chi connectivity index (χ1) is 5.43. The van der Waals surface area contributed by atoms with Crippen molar-refractivity contribution in [2.45, 2.75) is 18.7 Å². The van der Waals surface area contributed by atoms with Crippen LogP contribution in [0.5, 0.6) is 0 Å². The molecule has 0 atom stereocenters. The van der Waals surface area contributed by atoms with Crippen LogP contribution in [0.25, 0.3) is 0 Å². The fourth-order valence-corrected chi connectivity index (χ4v) is 2.12. The van der Waals surface area contributed by atoms with Crippen molar-refractivity contribution in [1.82, 2.24) is 0 Å².